The van der Waals surface area contributed by atoms with Crippen molar-refractivity contribution in [2.24, 2.45) is 5.41 Å². The summed E-state index contributed by atoms with van der Waals surface area (Å²) in [5, 5.41) is 0. The second kappa shape index (κ2) is 7.01. The molecule has 3 rings (SSSR count). The van der Waals surface area contributed by atoms with Crippen molar-refractivity contribution in [2.45, 2.75) is 25.8 Å². The highest BCUT2D eigenvalue weighted by molar-refractivity contribution is 5.74. The Morgan fingerprint density at radius 3 is 2.58 bits per heavy atom. The van der Waals surface area contributed by atoms with Gasteiger partial charge in [-0.05, 0) is 55.5 Å². The molecule has 1 aromatic rings. The van der Waals surface area contributed by atoms with Crippen LogP contribution in [0.25, 0.3) is 0 Å². The molecule has 0 N–H and O–H groups in total. The van der Waals surface area contributed by atoms with Crippen molar-refractivity contribution < 1.29 is 9.53 Å². The zero-order valence-corrected chi connectivity index (χ0v) is 15.1. The van der Waals surface area contributed by atoms with Crippen molar-refractivity contribution in [2.75, 3.05) is 47.4 Å². The molecule has 2 aliphatic heterocycles. The van der Waals surface area contributed by atoms with Crippen molar-refractivity contribution in [3.05, 3.63) is 29.8 Å². The number of hydrogen-bond acceptors (Lipinski definition) is 3. The van der Waals surface area contributed by atoms with Crippen LogP contribution in [0, 0.1) is 5.41 Å². The van der Waals surface area contributed by atoms with Crippen LogP contribution in [0.15, 0.2) is 24.3 Å². The monoisotopic (exact) mass is 331 g/mol. The summed E-state index contributed by atoms with van der Waals surface area (Å²) >= 11 is 0. The van der Waals surface area contributed by atoms with Crippen LogP contribution >= 0.6 is 0 Å². The fraction of sp³-hybridized carbons (Fsp3) is 0.632. The highest BCUT2D eigenvalue weighted by Gasteiger charge is 2.42. The van der Waals surface area contributed by atoms with Gasteiger partial charge in [-0.3, -0.25) is 4.90 Å². The summed E-state index contributed by atoms with van der Waals surface area (Å²) in [5.41, 5.74) is 1.65. The summed E-state index contributed by atoms with van der Waals surface area (Å²) in [6.45, 7) is 5.04. The Balaban J connectivity index is 1.53. The molecule has 2 amide bonds. The molecule has 0 aromatic heterocycles. The van der Waals surface area contributed by atoms with E-state index in [0.717, 1.165) is 44.9 Å². The second-order valence-electron chi connectivity index (χ2n) is 7.48. The topological polar surface area (TPSA) is 36.0 Å². The van der Waals surface area contributed by atoms with Gasteiger partial charge >= 0.3 is 6.03 Å². The molecule has 2 saturated heterocycles. The second-order valence-corrected chi connectivity index (χ2v) is 7.48. The van der Waals surface area contributed by atoms with Crippen LogP contribution in [-0.4, -0.2) is 68.1 Å². The molecular formula is C19H29N3O2. The molecule has 0 radical (unpaired) electrons. The van der Waals surface area contributed by atoms with Gasteiger partial charge in [0, 0.05) is 33.7 Å². The predicted octanol–water partition coefficient (Wildman–Crippen LogP) is 2.66. The molecule has 0 saturated carbocycles. The number of urea groups is 1. The van der Waals surface area contributed by atoms with E-state index < -0.39 is 0 Å². The van der Waals surface area contributed by atoms with Gasteiger partial charge in [-0.1, -0.05) is 12.1 Å². The Labute approximate surface area is 145 Å². The molecular weight excluding hydrogens is 302 g/mol. The molecule has 0 atom stereocenters. The van der Waals surface area contributed by atoms with Crippen molar-refractivity contribution in [1.82, 2.24) is 14.7 Å². The van der Waals surface area contributed by atoms with E-state index in [0.29, 0.717) is 5.41 Å². The van der Waals surface area contributed by atoms with Gasteiger partial charge in [0.15, 0.2) is 0 Å². The average Bonchev–Trinajstić information content (AvgIpc) is 3.00. The normalized spacial score (nSPS) is 20.4. The molecule has 0 unspecified atom stereocenters. The van der Waals surface area contributed by atoms with E-state index in [1.54, 1.807) is 12.0 Å². The maximum atomic E-state index is 12.2. The van der Waals surface area contributed by atoms with E-state index in [4.69, 9.17) is 4.74 Å². The fourth-order valence-corrected chi connectivity index (χ4v) is 4.00. The number of likely N-dealkylation sites (tertiary alicyclic amines) is 2. The number of benzene rings is 1. The Morgan fingerprint density at radius 1 is 1.21 bits per heavy atom. The molecule has 5 nitrogen and oxygen atoms in total. The Bertz CT molecular complexity index is 580. The van der Waals surface area contributed by atoms with Crippen LogP contribution in [0.5, 0.6) is 5.75 Å². The number of methoxy groups -OCH3 is 1. The molecule has 1 spiro atoms. The number of hydrogen-bond donors (Lipinski definition) is 0. The van der Waals surface area contributed by atoms with Gasteiger partial charge in [0.25, 0.3) is 0 Å². The number of amides is 2. The van der Waals surface area contributed by atoms with Crippen LogP contribution in [-0.2, 0) is 6.54 Å². The summed E-state index contributed by atoms with van der Waals surface area (Å²) in [7, 11) is 5.39. The summed E-state index contributed by atoms with van der Waals surface area (Å²) in [6, 6.07) is 8.49. The van der Waals surface area contributed by atoms with E-state index in [9.17, 15) is 4.79 Å². The molecule has 0 aliphatic carbocycles. The Kier molecular flexibility index (Phi) is 4.99. The van der Waals surface area contributed by atoms with E-state index >= 15 is 0 Å². The minimum Gasteiger partial charge on any atom is -0.497 e. The zero-order valence-electron chi connectivity index (χ0n) is 15.1. The van der Waals surface area contributed by atoms with Gasteiger partial charge < -0.3 is 14.5 Å². The van der Waals surface area contributed by atoms with E-state index in [1.807, 2.05) is 25.1 Å². The van der Waals surface area contributed by atoms with Gasteiger partial charge in [0.2, 0.25) is 0 Å². The van der Waals surface area contributed by atoms with Crippen LogP contribution in [0.4, 0.5) is 4.79 Å². The molecule has 2 aliphatic rings. The maximum absolute atomic E-state index is 12.2. The van der Waals surface area contributed by atoms with E-state index in [1.165, 1.54) is 18.4 Å². The summed E-state index contributed by atoms with van der Waals surface area (Å²) < 4.78 is 5.31. The largest absolute Gasteiger partial charge is 0.497 e. The van der Waals surface area contributed by atoms with Crippen LogP contribution < -0.4 is 4.74 Å². The summed E-state index contributed by atoms with van der Waals surface area (Å²) in [5.74, 6) is 0.926. The lowest BCUT2D eigenvalue weighted by Crippen LogP contribution is -2.43. The van der Waals surface area contributed by atoms with Crippen molar-refractivity contribution >= 4 is 6.03 Å². The lowest BCUT2D eigenvalue weighted by molar-refractivity contribution is 0.103. The van der Waals surface area contributed by atoms with Crippen LogP contribution in [0.3, 0.4) is 0 Å². The summed E-state index contributed by atoms with van der Waals surface area (Å²) in [4.78, 5) is 18.4. The zero-order chi connectivity index (χ0) is 17.2. The number of piperidine rings is 1. The minimum absolute atomic E-state index is 0.158. The first-order chi connectivity index (χ1) is 11.5. The molecule has 1 aromatic carbocycles. The van der Waals surface area contributed by atoms with Crippen LogP contribution in [0.1, 0.15) is 24.8 Å². The predicted molar refractivity (Wildman–Crippen MR) is 95.2 cm³/mol. The molecule has 132 valence electrons. The maximum Gasteiger partial charge on any atom is 0.319 e. The lowest BCUT2D eigenvalue weighted by Gasteiger charge is -2.39. The molecule has 2 heterocycles. The quantitative estimate of drug-likeness (QED) is 0.854. The lowest BCUT2D eigenvalue weighted by atomic mass is 9.77. The van der Waals surface area contributed by atoms with Gasteiger partial charge in [0.1, 0.15) is 5.75 Å². The van der Waals surface area contributed by atoms with Gasteiger partial charge in [-0.25, -0.2) is 4.79 Å². The van der Waals surface area contributed by atoms with Crippen molar-refractivity contribution in [3.63, 3.8) is 0 Å². The molecule has 0 bridgehead atoms. The van der Waals surface area contributed by atoms with Gasteiger partial charge in [0.05, 0.1) is 7.11 Å². The minimum atomic E-state index is 0.158. The number of rotatable bonds is 3. The first-order valence-electron chi connectivity index (χ1n) is 8.83. The molecule has 2 fully saturated rings. The highest BCUT2D eigenvalue weighted by Crippen LogP contribution is 2.40. The third-order valence-corrected chi connectivity index (χ3v) is 5.55. The standard InChI is InChI=1S/C19H29N3O2/c1-20(2)18(23)22-12-9-19(15-22)7-10-21(11-8-19)14-16-5-4-6-17(13-16)24-3/h4-6,13H,7-12,14-15H2,1-3H3. The van der Waals surface area contributed by atoms with Gasteiger partial charge in [-0.2, -0.15) is 0 Å². The Hall–Kier alpha value is -1.75. The first kappa shape index (κ1) is 17.1. The third kappa shape index (κ3) is 3.66. The number of carbonyl (C=O) groups is 1. The van der Waals surface area contributed by atoms with E-state index in [2.05, 4.69) is 23.1 Å². The first-order valence-corrected chi connectivity index (χ1v) is 8.83. The molecule has 24 heavy (non-hydrogen) atoms. The van der Waals surface area contributed by atoms with Gasteiger partial charge in [-0.15, -0.1) is 0 Å². The fourth-order valence-electron chi connectivity index (χ4n) is 4.00. The molecule has 5 heteroatoms. The smallest absolute Gasteiger partial charge is 0.319 e. The Morgan fingerprint density at radius 2 is 1.92 bits per heavy atom. The van der Waals surface area contributed by atoms with E-state index in [-0.39, 0.29) is 6.03 Å². The number of ether oxygens (including phenoxy) is 1. The number of nitrogens with zero attached hydrogens (tertiary/aromatic N) is 3. The van der Waals surface area contributed by atoms with Crippen LogP contribution in [0.2, 0.25) is 0 Å². The number of carbonyl (C=O) groups excluding carboxylic acids is 1. The van der Waals surface area contributed by atoms with Crippen molar-refractivity contribution in [3.8, 4) is 5.75 Å². The van der Waals surface area contributed by atoms with Crippen molar-refractivity contribution in [1.29, 1.82) is 0 Å². The average molecular weight is 331 g/mol. The highest BCUT2D eigenvalue weighted by atomic mass is 16.5. The third-order valence-electron chi connectivity index (χ3n) is 5.55. The SMILES string of the molecule is COc1cccc(CN2CCC3(CC2)CCN(C(=O)N(C)C)C3)c1. The summed E-state index contributed by atoms with van der Waals surface area (Å²) in [6.07, 6.45) is 3.53.